The average Bonchev–Trinajstić information content (AvgIpc) is 3.21. The van der Waals surface area contributed by atoms with Gasteiger partial charge in [0.2, 0.25) is 0 Å². The third-order valence-corrected chi connectivity index (χ3v) is 6.40. The third kappa shape index (κ3) is 5.10. The van der Waals surface area contributed by atoms with Crippen LogP contribution < -0.4 is 9.47 Å². The summed E-state index contributed by atoms with van der Waals surface area (Å²) in [5, 5.41) is 0.156. The Bertz CT molecular complexity index is 929. The predicted octanol–water partition coefficient (Wildman–Crippen LogP) is 4.81. The first-order chi connectivity index (χ1) is 14.9. The molecule has 2 aromatic carbocycles. The van der Waals surface area contributed by atoms with Crippen LogP contribution in [0.2, 0.25) is 5.02 Å². The zero-order valence-electron chi connectivity index (χ0n) is 18.0. The number of esters is 1. The van der Waals surface area contributed by atoms with Gasteiger partial charge < -0.3 is 19.1 Å². The molecule has 0 spiro atoms. The summed E-state index contributed by atoms with van der Waals surface area (Å²) in [7, 11) is 2.99. The highest BCUT2D eigenvalue weighted by molar-refractivity contribution is 7.99. The van der Waals surface area contributed by atoms with Crippen molar-refractivity contribution in [3.05, 3.63) is 58.6 Å². The molecule has 2 aromatic rings. The van der Waals surface area contributed by atoms with Gasteiger partial charge in [-0.25, -0.2) is 4.79 Å². The fraction of sp³-hybridized carbons (Fsp3) is 0.391. The van der Waals surface area contributed by atoms with E-state index in [0.717, 1.165) is 5.56 Å². The Morgan fingerprint density at radius 3 is 2.35 bits per heavy atom. The third-order valence-electron chi connectivity index (χ3n) is 4.84. The van der Waals surface area contributed by atoms with Crippen LogP contribution in [0.1, 0.15) is 35.1 Å². The second kappa shape index (κ2) is 10.3. The van der Waals surface area contributed by atoms with Gasteiger partial charge in [-0.1, -0.05) is 43.6 Å². The number of ether oxygens (including phenoxy) is 3. The van der Waals surface area contributed by atoms with Crippen LogP contribution in [0.3, 0.4) is 0 Å². The number of carbonyl (C=O) groups is 2. The van der Waals surface area contributed by atoms with E-state index >= 15 is 0 Å². The predicted molar refractivity (Wildman–Crippen MR) is 122 cm³/mol. The van der Waals surface area contributed by atoms with E-state index in [2.05, 4.69) is 0 Å². The lowest BCUT2D eigenvalue weighted by Gasteiger charge is -2.30. The summed E-state index contributed by atoms with van der Waals surface area (Å²) >= 11 is 7.70. The van der Waals surface area contributed by atoms with Crippen molar-refractivity contribution in [2.45, 2.75) is 25.3 Å². The van der Waals surface area contributed by atoms with Crippen LogP contribution in [-0.4, -0.2) is 49.4 Å². The molecule has 1 aliphatic rings. The molecule has 2 atom stereocenters. The molecule has 0 saturated carbocycles. The molecule has 0 N–H and O–H groups in total. The first-order valence-corrected chi connectivity index (χ1v) is 11.4. The van der Waals surface area contributed by atoms with Gasteiger partial charge in [-0.05, 0) is 35.7 Å². The Balaban J connectivity index is 2.04. The summed E-state index contributed by atoms with van der Waals surface area (Å²) in [6.45, 7) is 4.23. The molecule has 1 heterocycles. The van der Waals surface area contributed by atoms with E-state index in [9.17, 15) is 9.59 Å². The summed E-state index contributed by atoms with van der Waals surface area (Å²) in [5.74, 6) is 0.571. The highest BCUT2D eigenvalue weighted by Crippen LogP contribution is 2.44. The molecule has 166 valence electrons. The van der Waals surface area contributed by atoms with Crippen LogP contribution in [0.5, 0.6) is 11.5 Å². The molecule has 8 heteroatoms. The maximum Gasteiger partial charge on any atom is 0.329 e. The molecule has 6 nitrogen and oxygen atoms in total. The lowest BCUT2D eigenvalue weighted by molar-refractivity contribution is -0.149. The quantitative estimate of drug-likeness (QED) is 0.549. The van der Waals surface area contributed by atoms with E-state index in [0.29, 0.717) is 28.9 Å². The van der Waals surface area contributed by atoms with Gasteiger partial charge in [-0.2, -0.15) is 0 Å². The van der Waals surface area contributed by atoms with Crippen molar-refractivity contribution in [2.24, 2.45) is 5.92 Å². The molecule has 1 aliphatic heterocycles. The Labute approximate surface area is 191 Å². The Kier molecular flexibility index (Phi) is 7.73. The van der Waals surface area contributed by atoms with Gasteiger partial charge in [0.15, 0.2) is 0 Å². The highest BCUT2D eigenvalue weighted by atomic mass is 35.5. The van der Waals surface area contributed by atoms with Gasteiger partial charge in [-0.15, -0.1) is 11.8 Å². The van der Waals surface area contributed by atoms with Crippen molar-refractivity contribution in [3.63, 3.8) is 0 Å². The van der Waals surface area contributed by atoms with Gasteiger partial charge >= 0.3 is 5.97 Å². The van der Waals surface area contributed by atoms with E-state index in [1.54, 1.807) is 35.2 Å². The zero-order chi connectivity index (χ0) is 22.5. The van der Waals surface area contributed by atoms with Crippen LogP contribution in [-0.2, 0) is 9.53 Å². The zero-order valence-corrected chi connectivity index (χ0v) is 19.5. The maximum atomic E-state index is 13.8. The standard InChI is InChI=1S/C23H26ClNO5S/c1-14(2)12-30-23(27)17-13-31-22(15-7-5-8-16(24)11-15)25(17)21(26)20-18(28-3)9-6-10-19(20)29-4/h5-11,14,17,22H,12-13H2,1-4H3. The first-order valence-electron chi connectivity index (χ1n) is 9.94. The normalized spacial score (nSPS) is 18.2. The number of rotatable bonds is 7. The number of amides is 1. The average molecular weight is 464 g/mol. The number of hydrogen-bond acceptors (Lipinski definition) is 6. The second-order valence-electron chi connectivity index (χ2n) is 7.53. The number of methoxy groups -OCH3 is 2. The molecular weight excluding hydrogens is 438 g/mol. The summed E-state index contributed by atoms with van der Waals surface area (Å²) < 4.78 is 16.4. The van der Waals surface area contributed by atoms with E-state index in [-0.39, 0.29) is 17.4 Å². The van der Waals surface area contributed by atoms with Gasteiger partial charge in [0, 0.05) is 10.8 Å². The minimum atomic E-state index is -0.741. The number of carbonyl (C=O) groups excluding carboxylic acids is 2. The Morgan fingerprint density at radius 1 is 1.13 bits per heavy atom. The topological polar surface area (TPSA) is 65.1 Å². The van der Waals surface area contributed by atoms with Crippen molar-refractivity contribution in [1.82, 2.24) is 4.90 Å². The van der Waals surface area contributed by atoms with Crippen molar-refractivity contribution in [3.8, 4) is 11.5 Å². The Morgan fingerprint density at radius 2 is 1.77 bits per heavy atom. The number of benzene rings is 2. The van der Waals surface area contributed by atoms with E-state index in [4.69, 9.17) is 25.8 Å². The molecule has 1 amide bonds. The van der Waals surface area contributed by atoms with E-state index in [1.807, 2.05) is 26.0 Å². The molecular formula is C23H26ClNO5S. The Hall–Kier alpha value is -2.38. The molecule has 0 aliphatic carbocycles. The molecule has 2 unspecified atom stereocenters. The summed E-state index contributed by atoms with van der Waals surface area (Å²) in [6.07, 6.45) is 0. The summed E-state index contributed by atoms with van der Waals surface area (Å²) in [6, 6.07) is 11.7. The van der Waals surface area contributed by atoms with E-state index in [1.165, 1.54) is 26.0 Å². The van der Waals surface area contributed by atoms with Gasteiger partial charge in [0.1, 0.15) is 28.5 Å². The van der Waals surface area contributed by atoms with Gasteiger partial charge in [-0.3, -0.25) is 4.79 Å². The first kappa shape index (κ1) is 23.3. The molecule has 0 radical (unpaired) electrons. The number of thioether (sulfide) groups is 1. The van der Waals surface area contributed by atoms with Crippen LogP contribution in [0.25, 0.3) is 0 Å². The minimum Gasteiger partial charge on any atom is -0.496 e. The SMILES string of the molecule is COc1cccc(OC)c1C(=O)N1C(C(=O)OCC(C)C)CSC1c1cccc(Cl)c1. The largest absolute Gasteiger partial charge is 0.496 e. The van der Waals surface area contributed by atoms with Gasteiger partial charge in [0.05, 0.1) is 20.8 Å². The minimum absolute atomic E-state index is 0.195. The summed E-state index contributed by atoms with van der Waals surface area (Å²) in [4.78, 5) is 28.3. The fourth-order valence-corrected chi connectivity index (χ4v) is 4.99. The lowest BCUT2D eigenvalue weighted by atomic mass is 10.1. The van der Waals surface area contributed by atoms with Crippen LogP contribution in [0, 0.1) is 5.92 Å². The molecule has 1 saturated heterocycles. The molecule has 31 heavy (non-hydrogen) atoms. The molecule has 0 aromatic heterocycles. The van der Waals surface area contributed by atoms with Crippen LogP contribution in [0.4, 0.5) is 0 Å². The van der Waals surface area contributed by atoms with E-state index < -0.39 is 17.4 Å². The smallest absolute Gasteiger partial charge is 0.329 e. The maximum absolute atomic E-state index is 13.8. The monoisotopic (exact) mass is 463 g/mol. The number of hydrogen-bond donors (Lipinski definition) is 0. The van der Waals surface area contributed by atoms with Crippen LogP contribution in [0.15, 0.2) is 42.5 Å². The number of nitrogens with zero attached hydrogens (tertiary/aromatic N) is 1. The van der Waals surface area contributed by atoms with Crippen molar-refractivity contribution in [2.75, 3.05) is 26.6 Å². The number of halogens is 1. The molecule has 1 fully saturated rings. The van der Waals surface area contributed by atoms with Crippen molar-refractivity contribution < 1.29 is 23.8 Å². The summed E-state index contributed by atoms with van der Waals surface area (Å²) in [5.41, 5.74) is 1.10. The van der Waals surface area contributed by atoms with Crippen LogP contribution >= 0.6 is 23.4 Å². The van der Waals surface area contributed by atoms with Crippen molar-refractivity contribution >= 4 is 35.2 Å². The molecule has 3 rings (SSSR count). The second-order valence-corrected chi connectivity index (χ2v) is 9.08. The lowest BCUT2D eigenvalue weighted by Crippen LogP contribution is -2.44. The van der Waals surface area contributed by atoms with Crippen molar-refractivity contribution in [1.29, 1.82) is 0 Å². The van der Waals surface area contributed by atoms with Gasteiger partial charge in [0.25, 0.3) is 5.91 Å². The molecule has 0 bridgehead atoms. The fourth-order valence-electron chi connectivity index (χ4n) is 3.39. The highest BCUT2D eigenvalue weighted by Gasteiger charge is 2.45.